The van der Waals surface area contributed by atoms with Gasteiger partial charge in [0.15, 0.2) is 0 Å². The normalized spacial score (nSPS) is 19.6. The molecule has 1 atom stereocenters. The molecule has 1 unspecified atom stereocenters. The van der Waals surface area contributed by atoms with E-state index in [9.17, 15) is 0 Å². The lowest BCUT2D eigenvalue weighted by Crippen LogP contribution is -2.23. The molecule has 2 rings (SSSR count). The van der Waals surface area contributed by atoms with Gasteiger partial charge in [-0.2, -0.15) is 0 Å². The van der Waals surface area contributed by atoms with Gasteiger partial charge in [0, 0.05) is 6.04 Å². The van der Waals surface area contributed by atoms with E-state index in [2.05, 4.69) is 31.2 Å². The molecule has 0 heterocycles. The van der Waals surface area contributed by atoms with Crippen molar-refractivity contribution in [1.82, 2.24) is 0 Å². The molecule has 16 heavy (non-hydrogen) atoms. The highest BCUT2D eigenvalue weighted by molar-refractivity contribution is 5.25. The van der Waals surface area contributed by atoms with Crippen LogP contribution in [0, 0.1) is 5.92 Å². The molecule has 1 aromatic carbocycles. The van der Waals surface area contributed by atoms with Gasteiger partial charge in [0.2, 0.25) is 0 Å². The van der Waals surface area contributed by atoms with E-state index in [0.29, 0.717) is 5.92 Å². The molecule has 88 valence electrons. The summed E-state index contributed by atoms with van der Waals surface area (Å²) in [6, 6.07) is 9.14. The number of aryl methyl sites for hydroxylation is 1. The van der Waals surface area contributed by atoms with E-state index >= 15 is 0 Å². The van der Waals surface area contributed by atoms with Gasteiger partial charge < -0.3 is 5.73 Å². The molecular weight excluding hydrogens is 194 g/mol. The van der Waals surface area contributed by atoms with Crippen LogP contribution in [-0.4, -0.2) is 0 Å². The number of hydrogen-bond acceptors (Lipinski definition) is 1. The number of nitrogens with two attached hydrogens (primary N) is 1. The van der Waals surface area contributed by atoms with Gasteiger partial charge in [-0.15, -0.1) is 0 Å². The molecule has 2 N–H and O–H groups in total. The van der Waals surface area contributed by atoms with Crippen molar-refractivity contribution in [3.63, 3.8) is 0 Å². The third kappa shape index (κ3) is 2.65. The lowest BCUT2D eigenvalue weighted by Gasteiger charge is -2.27. The minimum Gasteiger partial charge on any atom is -0.324 e. The lowest BCUT2D eigenvalue weighted by molar-refractivity contribution is 0.308. The SMILES string of the molecule is CCc1ccc(C(N)C2CCCCC2)cc1. The fraction of sp³-hybridized carbons (Fsp3) is 0.600. The summed E-state index contributed by atoms with van der Waals surface area (Å²) >= 11 is 0. The molecule has 1 aliphatic carbocycles. The molecule has 1 nitrogen and oxygen atoms in total. The van der Waals surface area contributed by atoms with E-state index in [0.717, 1.165) is 6.42 Å². The summed E-state index contributed by atoms with van der Waals surface area (Å²) in [4.78, 5) is 0. The molecule has 0 saturated heterocycles. The Morgan fingerprint density at radius 2 is 1.75 bits per heavy atom. The molecule has 0 spiro atoms. The van der Waals surface area contributed by atoms with Crippen molar-refractivity contribution < 1.29 is 0 Å². The standard InChI is InChI=1S/C15H23N/c1-2-12-8-10-14(11-9-12)15(16)13-6-4-3-5-7-13/h8-11,13,15H,2-7,16H2,1H3. The number of benzene rings is 1. The van der Waals surface area contributed by atoms with Crippen molar-refractivity contribution in [3.8, 4) is 0 Å². The second-order valence-electron chi connectivity index (χ2n) is 5.02. The van der Waals surface area contributed by atoms with Gasteiger partial charge in [0.1, 0.15) is 0 Å². The quantitative estimate of drug-likeness (QED) is 0.818. The Labute approximate surface area is 99.0 Å². The highest BCUT2D eigenvalue weighted by Gasteiger charge is 2.21. The Kier molecular flexibility index (Phi) is 4.00. The fourth-order valence-corrected chi connectivity index (χ4v) is 2.74. The van der Waals surface area contributed by atoms with Gasteiger partial charge in [-0.05, 0) is 36.3 Å². The predicted octanol–water partition coefficient (Wildman–Crippen LogP) is 3.83. The molecule has 1 aliphatic rings. The van der Waals surface area contributed by atoms with Gasteiger partial charge in [0.05, 0.1) is 0 Å². The summed E-state index contributed by atoms with van der Waals surface area (Å²) in [5, 5.41) is 0. The summed E-state index contributed by atoms with van der Waals surface area (Å²) in [6.45, 7) is 2.19. The van der Waals surface area contributed by atoms with Crippen molar-refractivity contribution >= 4 is 0 Å². The van der Waals surface area contributed by atoms with E-state index < -0.39 is 0 Å². The van der Waals surface area contributed by atoms with Crippen molar-refractivity contribution in [2.24, 2.45) is 11.7 Å². The van der Waals surface area contributed by atoms with E-state index in [4.69, 9.17) is 5.73 Å². The number of rotatable bonds is 3. The van der Waals surface area contributed by atoms with Crippen LogP contribution in [-0.2, 0) is 6.42 Å². The zero-order valence-corrected chi connectivity index (χ0v) is 10.3. The van der Waals surface area contributed by atoms with Crippen molar-refractivity contribution in [1.29, 1.82) is 0 Å². The van der Waals surface area contributed by atoms with Crippen LogP contribution < -0.4 is 5.73 Å². The maximum Gasteiger partial charge on any atom is 0.0323 e. The van der Waals surface area contributed by atoms with Crippen molar-refractivity contribution in [3.05, 3.63) is 35.4 Å². The monoisotopic (exact) mass is 217 g/mol. The van der Waals surface area contributed by atoms with Crippen LogP contribution in [0.25, 0.3) is 0 Å². The molecule has 1 saturated carbocycles. The van der Waals surface area contributed by atoms with Crippen LogP contribution in [0.15, 0.2) is 24.3 Å². The summed E-state index contributed by atoms with van der Waals surface area (Å²) in [5.41, 5.74) is 9.09. The maximum absolute atomic E-state index is 6.36. The lowest BCUT2D eigenvalue weighted by atomic mass is 9.81. The Morgan fingerprint density at radius 3 is 2.31 bits per heavy atom. The second kappa shape index (κ2) is 5.49. The first-order valence-electron chi connectivity index (χ1n) is 6.65. The third-order valence-corrected chi connectivity index (χ3v) is 3.93. The zero-order chi connectivity index (χ0) is 11.4. The first-order valence-corrected chi connectivity index (χ1v) is 6.65. The minimum absolute atomic E-state index is 0.256. The minimum atomic E-state index is 0.256. The van der Waals surface area contributed by atoms with Gasteiger partial charge in [-0.3, -0.25) is 0 Å². The highest BCUT2D eigenvalue weighted by atomic mass is 14.7. The largest absolute Gasteiger partial charge is 0.324 e. The van der Waals surface area contributed by atoms with Crippen LogP contribution in [0.3, 0.4) is 0 Å². The topological polar surface area (TPSA) is 26.0 Å². The van der Waals surface area contributed by atoms with Crippen molar-refractivity contribution in [2.45, 2.75) is 51.5 Å². The summed E-state index contributed by atoms with van der Waals surface area (Å²) in [5.74, 6) is 0.709. The van der Waals surface area contributed by atoms with E-state index in [-0.39, 0.29) is 6.04 Å². The first kappa shape index (κ1) is 11.7. The Bertz CT molecular complexity index is 309. The van der Waals surface area contributed by atoms with Crippen LogP contribution in [0.1, 0.15) is 56.2 Å². The molecule has 0 radical (unpaired) electrons. The Morgan fingerprint density at radius 1 is 1.12 bits per heavy atom. The molecule has 1 fully saturated rings. The van der Waals surface area contributed by atoms with E-state index in [1.165, 1.54) is 43.2 Å². The molecule has 1 aromatic rings. The molecule has 0 aromatic heterocycles. The smallest absolute Gasteiger partial charge is 0.0323 e. The summed E-state index contributed by atoms with van der Waals surface area (Å²) in [6.07, 6.45) is 7.88. The third-order valence-electron chi connectivity index (χ3n) is 3.93. The number of hydrogen-bond donors (Lipinski definition) is 1. The fourth-order valence-electron chi connectivity index (χ4n) is 2.74. The second-order valence-corrected chi connectivity index (χ2v) is 5.02. The first-order chi connectivity index (χ1) is 7.81. The molecule has 1 heteroatoms. The molecule has 0 aliphatic heterocycles. The summed E-state index contributed by atoms with van der Waals surface area (Å²) in [7, 11) is 0. The van der Waals surface area contributed by atoms with Crippen LogP contribution >= 0.6 is 0 Å². The van der Waals surface area contributed by atoms with Crippen molar-refractivity contribution in [2.75, 3.05) is 0 Å². The van der Waals surface area contributed by atoms with Crippen LogP contribution in [0.5, 0.6) is 0 Å². The van der Waals surface area contributed by atoms with Gasteiger partial charge in [-0.1, -0.05) is 50.5 Å². The van der Waals surface area contributed by atoms with Crippen LogP contribution in [0.2, 0.25) is 0 Å². The van der Waals surface area contributed by atoms with Gasteiger partial charge in [0.25, 0.3) is 0 Å². The average molecular weight is 217 g/mol. The molecule has 0 bridgehead atoms. The predicted molar refractivity (Wildman–Crippen MR) is 69.3 cm³/mol. The maximum atomic E-state index is 6.36. The van der Waals surface area contributed by atoms with Gasteiger partial charge >= 0.3 is 0 Å². The average Bonchev–Trinajstić information content (AvgIpc) is 2.39. The highest BCUT2D eigenvalue weighted by Crippen LogP contribution is 2.32. The summed E-state index contributed by atoms with van der Waals surface area (Å²) < 4.78 is 0. The van der Waals surface area contributed by atoms with Gasteiger partial charge in [-0.25, -0.2) is 0 Å². The van der Waals surface area contributed by atoms with E-state index in [1.807, 2.05) is 0 Å². The van der Waals surface area contributed by atoms with Crippen LogP contribution in [0.4, 0.5) is 0 Å². The Hall–Kier alpha value is -0.820. The molecular formula is C15H23N. The zero-order valence-electron chi connectivity index (χ0n) is 10.3. The Balaban J connectivity index is 2.04. The van der Waals surface area contributed by atoms with E-state index in [1.54, 1.807) is 0 Å². The molecule has 0 amide bonds.